The van der Waals surface area contributed by atoms with E-state index in [1.54, 1.807) is 6.92 Å². The van der Waals surface area contributed by atoms with Gasteiger partial charge in [0.15, 0.2) is 0 Å². The first kappa shape index (κ1) is 12.0. The Kier molecular flexibility index (Phi) is 3.35. The third-order valence-corrected chi connectivity index (χ3v) is 2.64. The molecule has 15 heavy (non-hydrogen) atoms. The zero-order chi connectivity index (χ0) is 11.6. The van der Waals surface area contributed by atoms with Crippen LogP contribution < -0.4 is 5.32 Å². The Balaban J connectivity index is 2.96. The molecule has 3 N–H and O–H groups in total. The van der Waals surface area contributed by atoms with E-state index < -0.39 is 6.10 Å². The van der Waals surface area contributed by atoms with Crippen LogP contribution in [0.1, 0.15) is 27.7 Å². The van der Waals surface area contributed by atoms with Crippen molar-refractivity contribution in [1.82, 2.24) is 5.32 Å². The Hall–Kier alpha value is -1.09. The molecule has 0 aromatic heterocycles. The molecule has 0 saturated heterocycles. The fraction of sp³-hybridized carbons (Fsp3) is 0.583. The molecule has 0 fully saturated rings. The molecule has 1 aliphatic heterocycles. The Morgan fingerprint density at radius 2 is 2.07 bits per heavy atom. The van der Waals surface area contributed by atoms with Crippen molar-refractivity contribution in [3.8, 4) is 0 Å². The maximum absolute atomic E-state index is 9.49. The van der Waals surface area contributed by atoms with E-state index in [1.807, 2.05) is 13.0 Å². The smallest absolute Gasteiger partial charge is 0.0906 e. The minimum absolute atomic E-state index is 0.130. The van der Waals surface area contributed by atoms with Crippen LogP contribution >= 0.6 is 0 Å². The molecule has 1 heterocycles. The molecule has 0 amide bonds. The lowest BCUT2D eigenvalue weighted by Gasteiger charge is -2.24. The van der Waals surface area contributed by atoms with Crippen molar-refractivity contribution in [2.45, 2.75) is 39.3 Å². The molecule has 0 radical (unpaired) electrons. The largest absolute Gasteiger partial charge is 0.387 e. The monoisotopic (exact) mass is 208 g/mol. The van der Waals surface area contributed by atoms with E-state index in [2.05, 4.69) is 25.2 Å². The lowest BCUT2D eigenvalue weighted by Crippen LogP contribution is -2.37. The second-order valence-electron chi connectivity index (χ2n) is 4.67. The summed E-state index contributed by atoms with van der Waals surface area (Å²) < 4.78 is 0. The van der Waals surface area contributed by atoms with Crippen molar-refractivity contribution in [2.24, 2.45) is 5.92 Å². The maximum Gasteiger partial charge on any atom is 0.0906 e. The second kappa shape index (κ2) is 4.19. The van der Waals surface area contributed by atoms with Gasteiger partial charge in [-0.05, 0) is 32.4 Å². The van der Waals surface area contributed by atoms with Crippen molar-refractivity contribution in [1.29, 1.82) is 5.41 Å². The van der Waals surface area contributed by atoms with Crippen molar-refractivity contribution < 1.29 is 5.11 Å². The third-order valence-electron chi connectivity index (χ3n) is 2.64. The van der Waals surface area contributed by atoms with Crippen LogP contribution in [0.2, 0.25) is 0 Å². The standard InChI is InChI=1S/C12H20N2O/c1-8(7-13)5-10-6-11(9(2)15)14-12(10,3)4/h5-9,13-15H,1-4H3/b10-5-,13-7?. The van der Waals surface area contributed by atoms with Gasteiger partial charge in [-0.2, -0.15) is 0 Å². The van der Waals surface area contributed by atoms with Crippen LogP contribution in [0.4, 0.5) is 0 Å². The number of hydrogen-bond acceptors (Lipinski definition) is 3. The fourth-order valence-electron chi connectivity index (χ4n) is 1.63. The highest BCUT2D eigenvalue weighted by Gasteiger charge is 2.30. The first-order valence-electron chi connectivity index (χ1n) is 5.27. The van der Waals surface area contributed by atoms with Crippen LogP contribution in [0.5, 0.6) is 0 Å². The molecular weight excluding hydrogens is 188 g/mol. The number of aliphatic hydroxyl groups excluding tert-OH is 1. The Morgan fingerprint density at radius 3 is 2.47 bits per heavy atom. The molecule has 84 valence electrons. The van der Waals surface area contributed by atoms with E-state index in [0.29, 0.717) is 0 Å². The molecular formula is C12H20N2O. The summed E-state index contributed by atoms with van der Waals surface area (Å²) in [5.74, 6) is 0.130. The lowest BCUT2D eigenvalue weighted by molar-refractivity contribution is 0.219. The van der Waals surface area contributed by atoms with Gasteiger partial charge in [0.25, 0.3) is 0 Å². The topological polar surface area (TPSA) is 56.1 Å². The third kappa shape index (κ3) is 2.69. The highest BCUT2D eigenvalue weighted by atomic mass is 16.3. The molecule has 0 bridgehead atoms. The van der Waals surface area contributed by atoms with Crippen LogP contribution in [0, 0.1) is 11.3 Å². The molecule has 0 aromatic carbocycles. The van der Waals surface area contributed by atoms with Gasteiger partial charge in [-0.25, -0.2) is 0 Å². The zero-order valence-electron chi connectivity index (χ0n) is 9.83. The van der Waals surface area contributed by atoms with Gasteiger partial charge >= 0.3 is 0 Å². The highest BCUT2D eigenvalue weighted by molar-refractivity contribution is 5.60. The molecule has 3 heteroatoms. The van der Waals surface area contributed by atoms with Crippen LogP contribution in [0.15, 0.2) is 23.4 Å². The van der Waals surface area contributed by atoms with Crippen LogP contribution in [0.3, 0.4) is 0 Å². The van der Waals surface area contributed by atoms with Gasteiger partial charge in [-0.1, -0.05) is 13.0 Å². The first-order valence-corrected chi connectivity index (χ1v) is 5.27. The molecule has 2 unspecified atom stereocenters. The van der Waals surface area contributed by atoms with E-state index in [1.165, 1.54) is 6.21 Å². The SMILES string of the molecule is CC(C=N)/C=C1/C=C(C(C)O)NC1(C)C. The lowest BCUT2D eigenvalue weighted by atomic mass is 9.94. The summed E-state index contributed by atoms with van der Waals surface area (Å²) in [5.41, 5.74) is 1.83. The van der Waals surface area contributed by atoms with Gasteiger partial charge in [0.05, 0.1) is 11.6 Å². The number of allylic oxidation sites excluding steroid dienone is 1. The van der Waals surface area contributed by atoms with Gasteiger partial charge < -0.3 is 15.8 Å². The van der Waals surface area contributed by atoms with Crippen molar-refractivity contribution in [3.63, 3.8) is 0 Å². The number of aliphatic hydroxyl groups is 1. The number of rotatable bonds is 3. The minimum Gasteiger partial charge on any atom is -0.387 e. The van der Waals surface area contributed by atoms with Crippen LogP contribution in [0.25, 0.3) is 0 Å². The highest BCUT2D eigenvalue weighted by Crippen LogP contribution is 2.28. The van der Waals surface area contributed by atoms with Gasteiger partial charge in [-0.3, -0.25) is 0 Å². The predicted octanol–water partition coefficient (Wildman–Crippen LogP) is 1.84. The van der Waals surface area contributed by atoms with Gasteiger partial charge in [0.1, 0.15) is 0 Å². The average molecular weight is 208 g/mol. The van der Waals surface area contributed by atoms with Crippen molar-refractivity contribution in [3.05, 3.63) is 23.4 Å². The summed E-state index contributed by atoms with van der Waals surface area (Å²) in [6, 6.07) is 0. The molecule has 0 spiro atoms. The Morgan fingerprint density at radius 1 is 1.47 bits per heavy atom. The second-order valence-corrected chi connectivity index (χ2v) is 4.67. The van der Waals surface area contributed by atoms with Crippen LogP contribution in [-0.2, 0) is 0 Å². The molecule has 0 saturated carbocycles. The van der Waals surface area contributed by atoms with Gasteiger partial charge in [0, 0.05) is 17.8 Å². The number of nitrogens with one attached hydrogen (secondary N) is 2. The molecule has 2 atom stereocenters. The zero-order valence-corrected chi connectivity index (χ0v) is 9.83. The normalized spacial score (nSPS) is 25.7. The predicted molar refractivity (Wildman–Crippen MR) is 63.0 cm³/mol. The molecule has 0 aliphatic carbocycles. The maximum atomic E-state index is 9.49. The van der Waals surface area contributed by atoms with E-state index in [9.17, 15) is 5.11 Å². The number of hydrogen-bond donors (Lipinski definition) is 3. The van der Waals surface area contributed by atoms with E-state index in [0.717, 1.165) is 11.3 Å². The first-order chi connectivity index (χ1) is 6.86. The fourth-order valence-corrected chi connectivity index (χ4v) is 1.63. The summed E-state index contributed by atoms with van der Waals surface area (Å²) in [7, 11) is 0. The average Bonchev–Trinajstić information content (AvgIpc) is 2.42. The minimum atomic E-state index is -0.467. The summed E-state index contributed by atoms with van der Waals surface area (Å²) in [4.78, 5) is 0. The van der Waals surface area contributed by atoms with Gasteiger partial charge in [0.2, 0.25) is 0 Å². The quantitative estimate of drug-likeness (QED) is 0.620. The van der Waals surface area contributed by atoms with E-state index in [4.69, 9.17) is 5.41 Å². The molecule has 3 nitrogen and oxygen atoms in total. The van der Waals surface area contributed by atoms with Crippen molar-refractivity contribution in [2.75, 3.05) is 0 Å². The van der Waals surface area contributed by atoms with Crippen LogP contribution in [-0.4, -0.2) is 23.0 Å². The molecule has 1 rings (SSSR count). The summed E-state index contributed by atoms with van der Waals surface area (Å²) in [6.45, 7) is 7.87. The summed E-state index contributed by atoms with van der Waals surface area (Å²) in [6.07, 6.45) is 4.97. The molecule has 1 aliphatic rings. The molecule has 0 aromatic rings. The van der Waals surface area contributed by atoms with Crippen molar-refractivity contribution >= 4 is 6.21 Å². The van der Waals surface area contributed by atoms with E-state index >= 15 is 0 Å². The van der Waals surface area contributed by atoms with E-state index in [-0.39, 0.29) is 11.5 Å². The summed E-state index contributed by atoms with van der Waals surface area (Å²) >= 11 is 0. The van der Waals surface area contributed by atoms with Gasteiger partial charge in [-0.15, -0.1) is 0 Å². The Bertz CT molecular complexity index is 314. The summed E-state index contributed by atoms with van der Waals surface area (Å²) in [5, 5.41) is 19.9. The Labute approximate surface area is 91.4 Å².